The molecule has 3 amide bonds. The van der Waals surface area contributed by atoms with Crippen LogP contribution in [-0.2, 0) is 23.9 Å². The van der Waals surface area contributed by atoms with Crippen molar-refractivity contribution in [1.29, 1.82) is 0 Å². The van der Waals surface area contributed by atoms with Gasteiger partial charge in [0.25, 0.3) is 0 Å². The second-order valence-corrected chi connectivity index (χ2v) is 10.7. The van der Waals surface area contributed by atoms with Gasteiger partial charge in [-0.1, -0.05) is 23.8 Å². The molecule has 0 heterocycles. The number of nitrogens with one attached hydrogen (secondary N) is 2. The van der Waals surface area contributed by atoms with Gasteiger partial charge in [-0.15, -0.1) is 0 Å². The maximum atomic E-state index is 13.9. The molecule has 1 aromatic carbocycles. The molecule has 10 heteroatoms. The largest absolute Gasteiger partial charge is 0.466 e. The summed E-state index contributed by atoms with van der Waals surface area (Å²) in [4.78, 5) is 53.2. The Hall–Kier alpha value is -2.75. The smallest absolute Gasteiger partial charge is 0.408 e. The van der Waals surface area contributed by atoms with Crippen molar-refractivity contribution < 1.29 is 28.7 Å². The fraction of sp³-hybridized carbons (Fsp3) is 0.630. The maximum Gasteiger partial charge on any atom is 0.408 e. The molecule has 1 aromatic rings. The summed E-state index contributed by atoms with van der Waals surface area (Å²) in [6, 6.07) is 3.92. The quantitative estimate of drug-likeness (QED) is 0.367. The molecule has 0 aliphatic rings. The summed E-state index contributed by atoms with van der Waals surface area (Å²) >= 11 is 1.55. The zero-order valence-corrected chi connectivity index (χ0v) is 24.3. The maximum absolute atomic E-state index is 13.9. The number of rotatable bonds is 13. The van der Waals surface area contributed by atoms with Crippen LogP contribution in [0.1, 0.15) is 70.2 Å². The average Bonchev–Trinajstić information content (AvgIpc) is 2.80. The molecule has 0 bridgehead atoms. The van der Waals surface area contributed by atoms with Gasteiger partial charge in [0, 0.05) is 13.1 Å². The summed E-state index contributed by atoms with van der Waals surface area (Å²) in [5.41, 5.74) is 1.76. The molecule has 0 saturated carbocycles. The van der Waals surface area contributed by atoms with E-state index in [4.69, 9.17) is 9.47 Å². The van der Waals surface area contributed by atoms with Crippen LogP contribution < -0.4 is 10.6 Å². The van der Waals surface area contributed by atoms with Gasteiger partial charge in [-0.3, -0.25) is 14.4 Å². The number of benzene rings is 1. The van der Waals surface area contributed by atoms with Crippen LogP contribution in [0.25, 0.3) is 0 Å². The van der Waals surface area contributed by atoms with E-state index >= 15 is 0 Å². The predicted molar refractivity (Wildman–Crippen MR) is 146 cm³/mol. The SMILES string of the molecule is CCOC(=O)CCNC(=O)C(c1cc(C)ccc1C)N(CC)C(=O)C(CCSC)NC(=O)OC(C)(C)C. The van der Waals surface area contributed by atoms with E-state index in [-0.39, 0.29) is 32.0 Å². The van der Waals surface area contributed by atoms with Gasteiger partial charge in [0.15, 0.2) is 0 Å². The fourth-order valence-corrected chi connectivity index (χ4v) is 4.20. The van der Waals surface area contributed by atoms with Crippen LogP contribution in [0.4, 0.5) is 4.79 Å². The van der Waals surface area contributed by atoms with Crippen LogP contribution >= 0.6 is 11.8 Å². The van der Waals surface area contributed by atoms with Gasteiger partial charge in [0.2, 0.25) is 11.8 Å². The Morgan fingerprint density at radius 2 is 1.78 bits per heavy atom. The van der Waals surface area contributed by atoms with Crippen molar-refractivity contribution in [2.24, 2.45) is 0 Å². The molecule has 2 atom stereocenters. The van der Waals surface area contributed by atoms with Crippen molar-refractivity contribution in [3.05, 3.63) is 34.9 Å². The number of amides is 3. The van der Waals surface area contributed by atoms with E-state index in [1.54, 1.807) is 46.4 Å². The number of alkyl carbamates (subject to hydrolysis) is 1. The second-order valence-electron chi connectivity index (χ2n) is 9.71. The Morgan fingerprint density at radius 3 is 2.35 bits per heavy atom. The van der Waals surface area contributed by atoms with Gasteiger partial charge in [0.05, 0.1) is 13.0 Å². The molecule has 0 aliphatic carbocycles. The summed E-state index contributed by atoms with van der Waals surface area (Å²) in [7, 11) is 0. The van der Waals surface area contributed by atoms with Crippen LogP contribution in [0.15, 0.2) is 18.2 Å². The summed E-state index contributed by atoms with van der Waals surface area (Å²) < 4.78 is 10.3. The lowest BCUT2D eigenvalue weighted by molar-refractivity contribution is -0.144. The van der Waals surface area contributed by atoms with Gasteiger partial charge in [-0.2, -0.15) is 11.8 Å². The number of hydrogen-bond acceptors (Lipinski definition) is 7. The molecule has 9 nitrogen and oxygen atoms in total. The number of ether oxygens (including phenoxy) is 2. The average molecular weight is 538 g/mol. The van der Waals surface area contributed by atoms with Crippen LogP contribution in [0.3, 0.4) is 0 Å². The predicted octanol–water partition coefficient (Wildman–Crippen LogP) is 3.91. The van der Waals surface area contributed by atoms with Crippen molar-refractivity contribution in [3.63, 3.8) is 0 Å². The third-order valence-electron chi connectivity index (χ3n) is 5.45. The Kier molecular flexibility index (Phi) is 13.5. The molecule has 37 heavy (non-hydrogen) atoms. The summed E-state index contributed by atoms with van der Waals surface area (Å²) in [5, 5.41) is 5.50. The lowest BCUT2D eigenvalue weighted by atomic mass is 9.96. The Morgan fingerprint density at radius 1 is 1.11 bits per heavy atom. The molecule has 0 saturated heterocycles. The highest BCUT2D eigenvalue weighted by molar-refractivity contribution is 7.98. The van der Waals surface area contributed by atoms with Gasteiger partial charge in [0.1, 0.15) is 17.7 Å². The summed E-state index contributed by atoms with van der Waals surface area (Å²) in [6.07, 6.45) is 1.63. The molecule has 2 N–H and O–H groups in total. The highest BCUT2D eigenvalue weighted by atomic mass is 32.2. The molecule has 0 spiro atoms. The number of esters is 1. The van der Waals surface area contributed by atoms with Gasteiger partial charge in [-0.25, -0.2) is 4.79 Å². The van der Waals surface area contributed by atoms with Gasteiger partial charge >= 0.3 is 12.1 Å². The molecule has 0 aromatic heterocycles. The minimum Gasteiger partial charge on any atom is -0.466 e. The number of hydrogen-bond donors (Lipinski definition) is 2. The van der Waals surface area contributed by atoms with Crippen LogP contribution in [0.5, 0.6) is 0 Å². The normalized spacial score (nSPS) is 12.8. The van der Waals surface area contributed by atoms with Crippen molar-refractivity contribution in [1.82, 2.24) is 15.5 Å². The number of nitrogens with zero attached hydrogens (tertiary/aromatic N) is 1. The first-order valence-electron chi connectivity index (χ1n) is 12.6. The molecule has 0 radical (unpaired) electrons. The molecular weight excluding hydrogens is 494 g/mol. The number of carbonyl (C=O) groups is 4. The fourth-order valence-electron chi connectivity index (χ4n) is 3.73. The standard InChI is InChI=1S/C27H43N3O6S/c1-9-30(25(33)21(14-16-37-8)29-26(34)36-27(5,6)7)23(20-17-18(3)11-12-19(20)4)24(32)28-15-13-22(31)35-10-2/h11-12,17,21,23H,9-10,13-16H2,1-8H3,(H,28,32)(H,29,34). The van der Waals surface area contributed by atoms with Crippen molar-refractivity contribution in [2.45, 2.75) is 79.0 Å². The monoisotopic (exact) mass is 537 g/mol. The van der Waals surface area contributed by atoms with Crippen LogP contribution in [-0.4, -0.2) is 72.1 Å². The molecule has 1 rings (SSSR count). The minimum atomic E-state index is -0.947. The van der Waals surface area contributed by atoms with E-state index in [0.29, 0.717) is 17.7 Å². The molecular formula is C27H43N3O6S. The Labute approximate surface area is 225 Å². The zero-order chi connectivity index (χ0) is 28.2. The first kappa shape index (κ1) is 32.3. The molecule has 208 valence electrons. The van der Waals surface area contributed by atoms with E-state index in [1.807, 2.05) is 38.3 Å². The highest BCUT2D eigenvalue weighted by Crippen LogP contribution is 2.27. The first-order valence-corrected chi connectivity index (χ1v) is 14.0. The first-order chi connectivity index (χ1) is 17.3. The van der Waals surface area contributed by atoms with Crippen molar-refractivity contribution in [3.8, 4) is 0 Å². The van der Waals surface area contributed by atoms with E-state index < -0.39 is 35.7 Å². The minimum absolute atomic E-state index is 0.0235. The third-order valence-corrected chi connectivity index (χ3v) is 6.09. The number of thioether (sulfide) groups is 1. The number of likely N-dealkylation sites (N-methyl/N-ethyl adjacent to an activating group) is 1. The molecule has 0 fully saturated rings. The highest BCUT2D eigenvalue weighted by Gasteiger charge is 2.36. The van der Waals surface area contributed by atoms with Gasteiger partial charge < -0.3 is 25.0 Å². The van der Waals surface area contributed by atoms with Crippen molar-refractivity contribution >= 4 is 35.6 Å². The lowest BCUT2D eigenvalue weighted by Crippen LogP contribution is -2.53. The van der Waals surface area contributed by atoms with E-state index in [1.165, 1.54) is 4.90 Å². The van der Waals surface area contributed by atoms with Crippen LogP contribution in [0.2, 0.25) is 0 Å². The van der Waals surface area contributed by atoms with Gasteiger partial charge in [-0.05, 0) is 78.0 Å². The second kappa shape index (κ2) is 15.5. The third kappa shape index (κ3) is 11.0. The Bertz CT molecular complexity index is 931. The van der Waals surface area contributed by atoms with E-state index in [9.17, 15) is 19.2 Å². The van der Waals surface area contributed by atoms with E-state index in [0.717, 1.165) is 11.1 Å². The molecule has 2 unspecified atom stereocenters. The lowest BCUT2D eigenvalue weighted by Gasteiger charge is -2.34. The zero-order valence-electron chi connectivity index (χ0n) is 23.4. The van der Waals surface area contributed by atoms with E-state index in [2.05, 4.69) is 10.6 Å². The summed E-state index contributed by atoms with van der Waals surface area (Å²) in [6.45, 7) is 13.1. The number of aryl methyl sites for hydroxylation is 2. The summed E-state index contributed by atoms with van der Waals surface area (Å²) in [5.74, 6) is -0.569. The van der Waals surface area contributed by atoms with Crippen LogP contribution in [0, 0.1) is 13.8 Å². The number of carbonyl (C=O) groups excluding carboxylic acids is 4. The topological polar surface area (TPSA) is 114 Å². The van der Waals surface area contributed by atoms with Crippen molar-refractivity contribution in [2.75, 3.05) is 31.7 Å². The Balaban J connectivity index is 3.33. The molecule has 0 aliphatic heterocycles.